The molecule has 0 heterocycles. The van der Waals surface area contributed by atoms with E-state index < -0.39 is 58.5 Å². The minimum absolute atomic E-state index is 0. The van der Waals surface area contributed by atoms with Crippen LogP contribution in [0.25, 0.3) is 0 Å². The summed E-state index contributed by atoms with van der Waals surface area (Å²) in [5, 5.41) is 10.5. The van der Waals surface area contributed by atoms with Crippen molar-refractivity contribution in [3.8, 4) is 0 Å². The number of ether oxygens (including phenoxy) is 5. The normalized spacial score (nSPS) is 11.8. The van der Waals surface area contributed by atoms with Crippen molar-refractivity contribution in [2.24, 2.45) is 9.98 Å². The average Bonchev–Trinajstić information content (AvgIpc) is 3.19. The van der Waals surface area contributed by atoms with Gasteiger partial charge in [-0.2, -0.15) is 9.98 Å². The van der Waals surface area contributed by atoms with Crippen LogP contribution < -0.4 is 21.3 Å². The van der Waals surface area contributed by atoms with Crippen LogP contribution in [0.2, 0.25) is 0 Å². The Labute approximate surface area is 456 Å². The standard InChI is InChI=1S/C27H46N4O8.C14H26N2O4.C8H14O2S2.CH3.Cu.H/c1-18(29-22(34)37-25(2,3)4)28-17-20(33)14-12-11-13-19(32)15-16-21(30-23(35)38-26(5,6)7)31-24(36)39-27(8,9)10;1-8-9-10(15-11(17)19-13(2,3)4)16-12(18)20-14(5,6)7;1-11-7(9)5-3-4-6-8(10)12-2;;;/h28H,1,11-17H2,2-10H3,(H,29,34)(H,30,31,35,36);8-9H2,1-7H3,(H,15,16,17,18);3-6H2,1-2H3;1H3;;/q;;;-1;+1;/i;;;;;1+2. The van der Waals surface area contributed by atoms with Crippen molar-refractivity contribution < 1.29 is 83.8 Å². The summed E-state index contributed by atoms with van der Waals surface area (Å²) in [6.07, 6.45) is 5.40. The summed E-state index contributed by atoms with van der Waals surface area (Å²) in [6.45, 7) is 31.4. The third-order valence-corrected chi connectivity index (χ3v) is 8.76. The van der Waals surface area contributed by atoms with Crippen molar-refractivity contribution in [1.29, 1.82) is 0.954 Å². The predicted molar refractivity (Wildman–Crippen MR) is 289 cm³/mol. The number of rotatable bonds is 19. The van der Waals surface area contributed by atoms with Crippen LogP contribution in [0, 0.1) is 7.43 Å². The SMILES string of the molecule is C=C(NCC(=O)CCCCC(=O)CCC(=NC(=O)OC(C)(C)C)NC(=O)OC(C)(C)C)NC(=O)OC(C)(C)C.CCCC(=NC(=O)OC(C)(C)C)NC(=O)OC(C)(C)C.CSC(=O)CCCCC(=O)SC.[3H][Cu+].[CH3-]. The van der Waals surface area contributed by atoms with Gasteiger partial charge in [-0.3, -0.25) is 35.1 Å². The van der Waals surface area contributed by atoms with Gasteiger partial charge in [0.25, 0.3) is 0 Å². The van der Waals surface area contributed by atoms with Crippen LogP contribution in [0.1, 0.15) is 188 Å². The molecule has 0 saturated heterocycles. The first kappa shape index (κ1) is 75.0. The van der Waals surface area contributed by atoms with Gasteiger partial charge in [0.2, 0.25) is 0 Å². The fraction of sp³-hybridized carbons (Fsp3) is 0.720. The molecule has 0 spiro atoms. The van der Waals surface area contributed by atoms with Crippen LogP contribution in [-0.2, 0) is 59.8 Å². The quantitative estimate of drug-likeness (QED) is 0.0234. The molecule has 0 aromatic carbocycles. The van der Waals surface area contributed by atoms with E-state index in [4.69, 9.17) is 24.6 Å². The Morgan fingerprint density at radius 2 is 0.795 bits per heavy atom. The molecule has 0 aliphatic carbocycles. The zero-order valence-electron chi connectivity index (χ0n) is 48.1. The molecule has 0 fully saturated rings. The Hall–Kier alpha value is -4.47. The van der Waals surface area contributed by atoms with E-state index >= 15 is 0 Å². The van der Waals surface area contributed by atoms with E-state index in [-0.39, 0.29) is 78.9 Å². The summed E-state index contributed by atoms with van der Waals surface area (Å²) in [5.41, 5.74) is -3.41. The van der Waals surface area contributed by atoms with E-state index in [1.807, 2.05) is 6.92 Å². The largest absolute Gasteiger partial charge is 0.358 e. The molecular weight excluding hydrogens is 1040 g/mol. The van der Waals surface area contributed by atoms with Crippen molar-refractivity contribution in [2.45, 2.75) is 216 Å². The Morgan fingerprint density at radius 1 is 0.479 bits per heavy atom. The second kappa shape index (κ2) is 39.0. The number of amides is 5. The number of ketones is 2. The van der Waals surface area contributed by atoms with Gasteiger partial charge < -0.3 is 36.4 Å². The minimum Gasteiger partial charge on any atom is -0.358 e. The molecule has 0 aliphatic rings. The number of thioether (sulfide) groups is 2. The van der Waals surface area contributed by atoms with Crippen molar-refractivity contribution in [1.82, 2.24) is 21.3 Å². The van der Waals surface area contributed by atoms with Gasteiger partial charge >= 0.3 is 48.4 Å². The second-order valence-electron chi connectivity index (χ2n) is 20.7. The van der Waals surface area contributed by atoms with Gasteiger partial charge in [-0.25, -0.2) is 24.0 Å². The number of hydrogen-bond donors (Lipinski definition) is 4. The number of nitrogens with one attached hydrogen (secondary N) is 4. The van der Waals surface area contributed by atoms with Crippen molar-refractivity contribution >= 4 is 87.5 Å². The maximum absolute atomic E-state index is 12.4. The van der Waals surface area contributed by atoms with Crippen LogP contribution in [0.5, 0.6) is 0 Å². The zero-order valence-corrected chi connectivity index (χ0v) is 49.7. The number of amidine groups is 2. The summed E-state index contributed by atoms with van der Waals surface area (Å²) in [4.78, 5) is 113. The Kier molecular flexibility index (Phi) is 40.1. The summed E-state index contributed by atoms with van der Waals surface area (Å²) >= 11 is 5.96. The maximum Gasteiger partial charge on any atom is -0.358 e. The summed E-state index contributed by atoms with van der Waals surface area (Å²) in [5.74, 6) is 0.141. The molecule has 0 aromatic rings. The smallest absolute Gasteiger partial charge is 0.358 e. The van der Waals surface area contributed by atoms with E-state index in [1.165, 1.54) is 23.5 Å². The Bertz CT molecular complexity index is 1810. The van der Waals surface area contributed by atoms with E-state index in [0.29, 0.717) is 32.1 Å². The molecule has 0 aromatic heterocycles. The van der Waals surface area contributed by atoms with Crippen LogP contribution in [0.15, 0.2) is 22.4 Å². The minimum atomic E-state index is -0.892. The fourth-order valence-corrected chi connectivity index (χ4v) is 5.39. The zero-order chi connectivity index (χ0) is 57.8. The molecule has 20 nitrogen and oxygen atoms in total. The topological polar surface area (TPSA) is 273 Å². The Balaban J connectivity index is -0.000000375. The summed E-state index contributed by atoms with van der Waals surface area (Å²) in [7, 11) is 0. The molecule has 5 amide bonds. The van der Waals surface area contributed by atoms with Crippen LogP contribution in [-0.4, -0.2) is 112 Å². The van der Waals surface area contributed by atoms with Gasteiger partial charge in [0, 0.05) is 44.9 Å². The number of nitrogens with zero attached hydrogens (tertiary/aromatic N) is 2. The predicted octanol–water partition coefficient (Wildman–Crippen LogP) is 11.1. The monoisotopic (exact) mass is 1130 g/mol. The van der Waals surface area contributed by atoms with E-state index in [0.717, 1.165) is 19.3 Å². The van der Waals surface area contributed by atoms with E-state index in [2.05, 4.69) is 54.8 Å². The number of unbranched alkanes of at least 4 members (excludes halogenated alkanes) is 2. The maximum atomic E-state index is 12.4. The molecule has 4 N–H and O–H groups in total. The first-order valence-electron chi connectivity index (χ1n) is 23.8. The fourth-order valence-electron chi connectivity index (χ4n) is 4.70. The van der Waals surface area contributed by atoms with Crippen LogP contribution in [0.3, 0.4) is 0 Å². The number of Topliss-reactive ketones (excluding diaryl/α,β-unsaturated/α-hetero) is 2. The Morgan fingerprint density at radius 3 is 1.12 bits per heavy atom. The van der Waals surface area contributed by atoms with Crippen molar-refractivity contribution in [2.75, 3.05) is 19.1 Å². The number of aliphatic imine (C=N–C) groups is 2. The number of hydrogen-bond acceptors (Lipinski definition) is 17. The van der Waals surface area contributed by atoms with Crippen molar-refractivity contribution in [3.63, 3.8) is 0 Å². The molecule has 0 radical (unpaired) electrons. The first-order chi connectivity index (χ1) is 33.3. The average molecular weight is 1130 g/mol. The molecule has 0 rings (SSSR count). The van der Waals surface area contributed by atoms with E-state index in [9.17, 15) is 43.2 Å². The van der Waals surface area contributed by atoms with Gasteiger partial charge in [0.15, 0.2) is 16.0 Å². The third-order valence-electron chi connectivity index (χ3n) is 7.44. The van der Waals surface area contributed by atoms with Gasteiger partial charge in [-0.05, 0) is 148 Å². The van der Waals surface area contributed by atoms with Gasteiger partial charge in [0.05, 0.1) is 6.54 Å². The number of carbonyl (C=O) groups is 9. The number of carbonyl (C=O) groups excluding carboxylic acids is 9. The van der Waals surface area contributed by atoms with Gasteiger partial charge in [0.1, 0.15) is 51.3 Å². The molecule has 23 heteroatoms. The molecule has 73 heavy (non-hydrogen) atoms. The summed E-state index contributed by atoms with van der Waals surface area (Å²) < 4.78 is 31.0. The molecule has 427 valence electrons. The number of alkyl carbamates (subject to hydrolysis) is 3. The van der Waals surface area contributed by atoms with Crippen molar-refractivity contribution in [3.05, 3.63) is 19.8 Å². The van der Waals surface area contributed by atoms with Gasteiger partial charge in [-0.1, -0.05) is 37.0 Å². The molecule has 0 atom stereocenters. The second-order valence-corrected chi connectivity index (χ2v) is 22.4. The van der Waals surface area contributed by atoms with E-state index in [1.54, 1.807) is 116 Å². The third kappa shape index (κ3) is 56.7. The van der Waals surface area contributed by atoms with Gasteiger partial charge in [-0.15, -0.1) is 0 Å². The molecule has 0 aliphatic heterocycles. The van der Waals surface area contributed by atoms with Crippen LogP contribution in [0.4, 0.5) is 24.0 Å². The summed E-state index contributed by atoms with van der Waals surface area (Å²) in [6, 6.07) is 0. The first-order valence-corrected chi connectivity index (χ1v) is 25.9. The molecule has 0 bridgehead atoms. The molecule has 0 unspecified atom stereocenters. The molecular formula is C50H90CuN6O14S2. The van der Waals surface area contributed by atoms with Crippen LogP contribution >= 0.6 is 23.5 Å². The molecule has 0 saturated carbocycles.